The Balaban J connectivity index is 1.70. The maximum atomic E-state index is 12.5. The van der Waals surface area contributed by atoms with Crippen LogP contribution in [0.4, 0.5) is 5.82 Å². The van der Waals surface area contributed by atoms with E-state index in [1.54, 1.807) is 0 Å². The van der Waals surface area contributed by atoms with Crippen molar-refractivity contribution in [2.45, 2.75) is 38.8 Å². The molecule has 0 spiro atoms. The number of hydrogen-bond acceptors (Lipinski definition) is 5. The van der Waals surface area contributed by atoms with Gasteiger partial charge in [0.05, 0.1) is 6.61 Å². The Labute approximate surface area is 169 Å². The van der Waals surface area contributed by atoms with E-state index in [1.165, 1.54) is 22.7 Å². The van der Waals surface area contributed by atoms with Crippen molar-refractivity contribution in [3.63, 3.8) is 0 Å². The Hall–Kier alpha value is -2.66. The van der Waals surface area contributed by atoms with Crippen LogP contribution in [0.2, 0.25) is 0 Å². The molecule has 4 nitrogen and oxygen atoms in total. The summed E-state index contributed by atoms with van der Waals surface area (Å²) in [5, 5.41) is 0. The first-order chi connectivity index (χ1) is 13.8. The molecule has 0 atom stereocenters. The zero-order chi connectivity index (χ0) is 19.3. The van der Waals surface area contributed by atoms with Gasteiger partial charge >= 0.3 is 5.97 Å². The number of ether oxygens (including phenoxy) is 1. The molecule has 0 N–H and O–H groups in total. The molecule has 28 heavy (non-hydrogen) atoms. The molecule has 0 unspecified atom stereocenters. The summed E-state index contributed by atoms with van der Waals surface area (Å²) >= 11 is 1.28. The van der Waals surface area contributed by atoms with Crippen LogP contribution in [0.25, 0.3) is 0 Å². The molecular formula is C23H24N2O2S. The molecule has 1 aliphatic rings. The molecule has 1 saturated carbocycles. The van der Waals surface area contributed by atoms with Gasteiger partial charge in [-0.05, 0) is 48.3 Å². The topological polar surface area (TPSA) is 42.4 Å². The second-order valence-corrected chi connectivity index (χ2v) is 7.84. The van der Waals surface area contributed by atoms with Gasteiger partial charge in [-0.25, -0.2) is 4.79 Å². The van der Waals surface area contributed by atoms with Crippen molar-refractivity contribution < 1.29 is 9.53 Å². The quantitative estimate of drug-likeness (QED) is 0.481. The smallest absolute Gasteiger partial charge is 0.350 e. The summed E-state index contributed by atoms with van der Waals surface area (Å²) in [4.78, 5) is 15.4. The van der Waals surface area contributed by atoms with Gasteiger partial charge in [-0.15, -0.1) is 0 Å². The second kappa shape index (κ2) is 8.57. The second-order valence-electron chi connectivity index (χ2n) is 7.07. The van der Waals surface area contributed by atoms with Gasteiger partial charge in [0.25, 0.3) is 0 Å². The molecule has 1 aliphatic carbocycles. The Bertz CT molecular complexity index is 879. The summed E-state index contributed by atoms with van der Waals surface area (Å²) in [6.07, 6.45) is 2.23. The summed E-state index contributed by atoms with van der Waals surface area (Å²) in [5.74, 6) is 1.11. The van der Waals surface area contributed by atoms with E-state index < -0.39 is 0 Å². The molecule has 144 valence electrons. The molecule has 1 aromatic heterocycles. The number of hydrogen-bond donors (Lipinski definition) is 0. The van der Waals surface area contributed by atoms with Crippen molar-refractivity contribution in [1.82, 2.24) is 4.37 Å². The minimum absolute atomic E-state index is 0.243. The van der Waals surface area contributed by atoms with Gasteiger partial charge in [-0.2, -0.15) is 4.37 Å². The maximum Gasteiger partial charge on any atom is 0.350 e. The first-order valence-corrected chi connectivity index (χ1v) is 10.5. The van der Waals surface area contributed by atoms with Crippen LogP contribution < -0.4 is 4.90 Å². The zero-order valence-electron chi connectivity index (χ0n) is 16.0. The third kappa shape index (κ3) is 4.25. The van der Waals surface area contributed by atoms with E-state index in [9.17, 15) is 4.79 Å². The lowest BCUT2D eigenvalue weighted by Crippen LogP contribution is -2.23. The number of esters is 1. The van der Waals surface area contributed by atoms with E-state index in [0.717, 1.165) is 37.3 Å². The van der Waals surface area contributed by atoms with Crippen LogP contribution in [0.15, 0.2) is 60.7 Å². The lowest BCUT2D eigenvalue weighted by molar-refractivity contribution is 0.0531. The van der Waals surface area contributed by atoms with E-state index in [1.807, 2.05) is 19.1 Å². The van der Waals surface area contributed by atoms with Crippen LogP contribution in [-0.4, -0.2) is 16.9 Å². The number of carbonyl (C=O) groups is 1. The number of nitrogens with zero attached hydrogens (tertiary/aromatic N) is 2. The van der Waals surface area contributed by atoms with Crippen molar-refractivity contribution in [3.8, 4) is 0 Å². The fourth-order valence-corrected chi connectivity index (χ4v) is 4.30. The van der Waals surface area contributed by atoms with Crippen LogP contribution in [0.1, 0.15) is 52.0 Å². The molecule has 5 heteroatoms. The SMILES string of the molecule is CCOC(=O)c1snc(N(Cc2ccccc2)Cc2ccccc2)c1C1CC1. The Morgan fingerprint density at radius 3 is 2.11 bits per heavy atom. The number of benzene rings is 2. The molecule has 3 aromatic rings. The predicted molar refractivity (Wildman–Crippen MR) is 113 cm³/mol. The number of aromatic nitrogens is 1. The molecule has 0 aliphatic heterocycles. The predicted octanol–water partition coefficient (Wildman–Crippen LogP) is 5.40. The summed E-state index contributed by atoms with van der Waals surface area (Å²) in [6, 6.07) is 20.8. The lowest BCUT2D eigenvalue weighted by atomic mass is 10.1. The molecule has 1 heterocycles. The standard InChI is InChI=1S/C23H24N2O2S/c1-2-27-23(26)21-20(19-13-14-19)22(24-28-21)25(15-17-9-5-3-6-10-17)16-18-11-7-4-8-12-18/h3-12,19H,2,13-16H2,1H3. The highest BCUT2D eigenvalue weighted by molar-refractivity contribution is 7.08. The average molecular weight is 393 g/mol. The van der Waals surface area contributed by atoms with E-state index >= 15 is 0 Å². The normalized spacial score (nSPS) is 13.3. The first kappa shape index (κ1) is 18.7. The third-order valence-corrected chi connectivity index (χ3v) is 5.72. The number of rotatable bonds is 8. The summed E-state index contributed by atoms with van der Waals surface area (Å²) < 4.78 is 10.0. The van der Waals surface area contributed by atoms with Crippen molar-refractivity contribution in [2.75, 3.05) is 11.5 Å². The highest BCUT2D eigenvalue weighted by Gasteiger charge is 2.35. The van der Waals surface area contributed by atoms with Crippen molar-refractivity contribution in [3.05, 3.63) is 82.2 Å². The Morgan fingerprint density at radius 2 is 1.61 bits per heavy atom. The molecule has 1 fully saturated rings. The van der Waals surface area contributed by atoms with Crippen LogP contribution in [-0.2, 0) is 17.8 Å². The summed E-state index contributed by atoms with van der Waals surface area (Å²) in [7, 11) is 0. The minimum atomic E-state index is -0.243. The third-order valence-electron chi connectivity index (χ3n) is 4.89. The van der Waals surface area contributed by atoms with Crippen LogP contribution in [0.5, 0.6) is 0 Å². The fraction of sp³-hybridized carbons (Fsp3) is 0.304. The number of anilines is 1. The molecule has 0 saturated heterocycles. The largest absolute Gasteiger partial charge is 0.462 e. The van der Waals surface area contributed by atoms with Crippen molar-refractivity contribution in [1.29, 1.82) is 0 Å². The summed E-state index contributed by atoms with van der Waals surface area (Å²) in [6.45, 7) is 3.73. The van der Waals surface area contributed by atoms with Crippen LogP contribution in [0.3, 0.4) is 0 Å². The summed E-state index contributed by atoms with van der Waals surface area (Å²) in [5.41, 5.74) is 3.53. The Morgan fingerprint density at radius 1 is 1.04 bits per heavy atom. The number of carbonyl (C=O) groups excluding carboxylic acids is 1. The van der Waals surface area contributed by atoms with Gasteiger partial charge < -0.3 is 9.64 Å². The maximum absolute atomic E-state index is 12.5. The van der Waals surface area contributed by atoms with E-state index in [2.05, 4.69) is 53.4 Å². The molecular weight excluding hydrogens is 368 g/mol. The molecule has 2 aromatic carbocycles. The van der Waals surface area contributed by atoms with Gasteiger partial charge in [0, 0.05) is 18.7 Å². The van der Waals surface area contributed by atoms with Gasteiger partial charge in [0.15, 0.2) is 0 Å². The fourth-order valence-electron chi connectivity index (χ4n) is 3.41. The van der Waals surface area contributed by atoms with Gasteiger partial charge in [0.1, 0.15) is 10.7 Å². The average Bonchev–Trinajstić information content (AvgIpc) is 3.47. The molecule has 4 rings (SSSR count). The lowest BCUT2D eigenvalue weighted by Gasteiger charge is -2.24. The molecule has 0 radical (unpaired) electrons. The minimum Gasteiger partial charge on any atom is -0.462 e. The highest BCUT2D eigenvalue weighted by Crippen LogP contribution is 2.47. The van der Waals surface area contributed by atoms with E-state index in [0.29, 0.717) is 17.4 Å². The van der Waals surface area contributed by atoms with Crippen molar-refractivity contribution in [2.24, 2.45) is 0 Å². The zero-order valence-corrected chi connectivity index (χ0v) is 16.8. The molecule has 0 bridgehead atoms. The van der Waals surface area contributed by atoms with Crippen LogP contribution >= 0.6 is 11.5 Å². The van der Waals surface area contributed by atoms with E-state index in [-0.39, 0.29) is 5.97 Å². The first-order valence-electron chi connectivity index (χ1n) is 9.75. The van der Waals surface area contributed by atoms with Crippen molar-refractivity contribution >= 4 is 23.3 Å². The van der Waals surface area contributed by atoms with Crippen LogP contribution in [0, 0.1) is 0 Å². The highest BCUT2D eigenvalue weighted by atomic mass is 32.1. The molecule has 0 amide bonds. The van der Waals surface area contributed by atoms with E-state index in [4.69, 9.17) is 9.11 Å². The monoisotopic (exact) mass is 392 g/mol. The van der Waals surface area contributed by atoms with Gasteiger partial charge in [-0.3, -0.25) is 0 Å². The van der Waals surface area contributed by atoms with Gasteiger partial charge in [0.2, 0.25) is 0 Å². The van der Waals surface area contributed by atoms with Gasteiger partial charge in [-0.1, -0.05) is 60.7 Å². The Kier molecular flexibility index (Phi) is 5.72.